The number of benzene rings is 2. The number of esters is 1. The second-order valence-electron chi connectivity index (χ2n) is 7.20. The predicted molar refractivity (Wildman–Crippen MR) is 108 cm³/mol. The fraction of sp³-hybridized carbons (Fsp3) is 0.391. The molecule has 0 aliphatic heterocycles. The minimum Gasteiger partial charge on any atom is -0.494 e. The molecule has 0 saturated heterocycles. The maximum absolute atomic E-state index is 13.8. The molecule has 1 amide bonds. The zero-order chi connectivity index (χ0) is 20.6. The van der Waals surface area contributed by atoms with Gasteiger partial charge in [0.15, 0.2) is 18.2 Å². The highest BCUT2D eigenvalue weighted by Crippen LogP contribution is 2.27. The molecule has 2 aromatic carbocycles. The molecule has 5 nitrogen and oxygen atoms in total. The standard InChI is InChI=1S/C23H26FNO4/c1-28-21-13-12-17(14-20(21)24)15-23(27)29-16-22(26)25(18-8-4-2-5-9-18)19-10-6-3-7-11-19/h2,4-5,8-9,12-14,19H,3,6-7,10-11,15-16H2,1H3. The normalized spacial score (nSPS) is 14.3. The number of methoxy groups -OCH3 is 1. The summed E-state index contributed by atoms with van der Waals surface area (Å²) in [4.78, 5) is 26.8. The van der Waals surface area contributed by atoms with E-state index in [2.05, 4.69) is 0 Å². The summed E-state index contributed by atoms with van der Waals surface area (Å²) in [7, 11) is 1.38. The molecule has 0 aromatic heterocycles. The lowest BCUT2D eigenvalue weighted by atomic mass is 9.93. The summed E-state index contributed by atoms with van der Waals surface area (Å²) in [6.45, 7) is -0.330. The van der Waals surface area contributed by atoms with Gasteiger partial charge in [0, 0.05) is 11.7 Å². The summed E-state index contributed by atoms with van der Waals surface area (Å²) in [6.07, 6.45) is 5.14. The van der Waals surface area contributed by atoms with Gasteiger partial charge in [-0.25, -0.2) is 4.39 Å². The number of hydrogen-bond donors (Lipinski definition) is 0. The molecule has 6 heteroatoms. The van der Waals surface area contributed by atoms with E-state index in [-0.39, 0.29) is 30.7 Å². The molecule has 1 saturated carbocycles. The summed E-state index contributed by atoms with van der Waals surface area (Å²) in [6, 6.07) is 13.9. The Balaban J connectivity index is 1.62. The SMILES string of the molecule is COc1ccc(CC(=O)OCC(=O)N(c2ccccc2)C2CCCCC2)cc1F. The molecule has 154 valence electrons. The van der Waals surface area contributed by atoms with Gasteiger partial charge in [-0.3, -0.25) is 9.59 Å². The molecule has 29 heavy (non-hydrogen) atoms. The van der Waals surface area contributed by atoms with Crippen molar-refractivity contribution >= 4 is 17.6 Å². The molecule has 1 aliphatic carbocycles. The van der Waals surface area contributed by atoms with Gasteiger partial charge in [-0.05, 0) is 42.7 Å². The monoisotopic (exact) mass is 399 g/mol. The van der Waals surface area contributed by atoms with E-state index in [0.29, 0.717) is 5.56 Å². The molecule has 0 bridgehead atoms. The van der Waals surface area contributed by atoms with Crippen LogP contribution in [0.2, 0.25) is 0 Å². The van der Waals surface area contributed by atoms with Crippen LogP contribution >= 0.6 is 0 Å². The molecular weight excluding hydrogens is 373 g/mol. The van der Waals surface area contributed by atoms with Crippen LogP contribution in [0, 0.1) is 5.82 Å². The van der Waals surface area contributed by atoms with Crippen LogP contribution in [0.15, 0.2) is 48.5 Å². The quantitative estimate of drug-likeness (QED) is 0.652. The van der Waals surface area contributed by atoms with E-state index in [1.54, 1.807) is 11.0 Å². The van der Waals surface area contributed by atoms with E-state index < -0.39 is 11.8 Å². The molecule has 3 rings (SSSR count). The Bertz CT molecular complexity index is 834. The highest BCUT2D eigenvalue weighted by molar-refractivity contribution is 5.95. The van der Waals surface area contributed by atoms with Crippen molar-refractivity contribution in [3.8, 4) is 5.75 Å². The second-order valence-corrected chi connectivity index (χ2v) is 7.20. The Morgan fingerprint density at radius 2 is 1.79 bits per heavy atom. The average Bonchev–Trinajstić information content (AvgIpc) is 2.74. The van der Waals surface area contributed by atoms with Crippen LogP contribution in [0.5, 0.6) is 5.75 Å². The van der Waals surface area contributed by atoms with Crippen LogP contribution in [-0.4, -0.2) is 31.6 Å². The van der Waals surface area contributed by atoms with Gasteiger partial charge in [-0.15, -0.1) is 0 Å². The average molecular weight is 399 g/mol. The Labute approximate surface area is 170 Å². The molecule has 2 aromatic rings. The first-order valence-electron chi connectivity index (χ1n) is 9.93. The smallest absolute Gasteiger partial charge is 0.310 e. The van der Waals surface area contributed by atoms with Gasteiger partial charge < -0.3 is 14.4 Å². The Morgan fingerprint density at radius 1 is 1.07 bits per heavy atom. The van der Waals surface area contributed by atoms with Crippen molar-refractivity contribution in [2.24, 2.45) is 0 Å². The van der Waals surface area contributed by atoms with Crippen LogP contribution in [-0.2, 0) is 20.7 Å². The van der Waals surface area contributed by atoms with E-state index in [1.165, 1.54) is 25.7 Å². The zero-order valence-electron chi connectivity index (χ0n) is 16.6. The summed E-state index contributed by atoms with van der Waals surface area (Å²) in [5.74, 6) is -1.23. The largest absolute Gasteiger partial charge is 0.494 e. The van der Waals surface area contributed by atoms with Crippen LogP contribution in [0.4, 0.5) is 10.1 Å². The molecule has 0 heterocycles. The first kappa shape index (κ1) is 20.8. The van der Waals surface area contributed by atoms with Crippen molar-refractivity contribution in [3.05, 3.63) is 59.9 Å². The van der Waals surface area contributed by atoms with Crippen molar-refractivity contribution in [3.63, 3.8) is 0 Å². The first-order chi connectivity index (χ1) is 14.1. The van der Waals surface area contributed by atoms with E-state index in [9.17, 15) is 14.0 Å². The number of nitrogens with zero attached hydrogens (tertiary/aromatic N) is 1. The van der Waals surface area contributed by atoms with Crippen molar-refractivity contribution in [2.45, 2.75) is 44.6 Å². The number of anilines is 1. The molecule has 0 unspecified atom stereocenters. The van der Waals surface area contributed by atoms with Crippen LogP contribution < -0.4 is 9.64 Å². The van der Waals surface area contributed by atoms with Crippen molar-refractivity contribution < 1.29 is 23.5 Å². The van der Waals surface area contributed by atoms with Crippen molar-refractivity contribution in [1.29, 1.82) is 0 Å². The second kappa shape index (κ2) is 10.0. The molecular formula is C23H26FNO4. The van der Waals surface area contributed by atoms with Gasteiger partial charge in [-0.2, -0.15) is 0 Å². The summed E-state index contributed by atoms with van der Waals surface area (Å²) >= 11 is 0. The van der Waals surface area contributed by atoms with Gasteiger partial charge in [-0.1, -0.05) is 43.5 Å². The summed E-state index contributed by atoms with van der Waals surface area (Å²) in [5.41, 5.74) is 1.28. The van der Waals surface area contributed by atoms with Gasteiger partial charge in [0.2, 0.25) is 0 Å². The maximum Gasteiger partial charge on any atom is 0.310 e. The fourth-order valence-corrected chi connectivity index (χ4v) is 3.74. The van der Waals surface area contributed by atoms with E-state index in [0.717, 1.165) is 31.4 Å². The number of ether oxygens (including phenoxy) is 2. The summed E-state index contributed by atoms with van der Waals surface area (Å²) < 4.78 is 23.9. The maximum atomic E-state index is 13.8. The fourth-order valence-electron chi connectivity index (χ4n) is 3.74. The zero-order valence-corrected chi connectivity index (χ0v) is 16.6. The minimum absolute atomic E-state index is 0.108. The number of para-hydroxylation sites is 1. The lowest BCUT2D eigenvalue weighted by Gasteiger charge is -2.34. The molecule has 0 spiro atoms. The third kappa shape index (κ3) is 5.56. The number of carbonyl (C=O) groups excluding carboxylic acids is 2. The molecule has 1 aliphatic rings. The number of halogens is 1. The van der Waals surface area contributed by atoms with E-state index >= 15 is 0 Å². The topological polar surface area (TPSA) is 55.8 Å². The highest BCUT2D eigenvalue weighted by atomic mass is 19.1. The molecule has 0 atom stereocenters. The first-order valence-corrected chi connectivity index (χ1v) is 9.93. The van der Waals surface area contributed by atoms with E-state index in [4.69, 9.17) is 9.47 Å². The van der Waals surface area contributed by atoms with Gasteiger partial charge in [0.1, 0.15) is 0 Å². The van der Waals surface area contributed by atoms with Crippen LogP contribution in [0.3, 0.4) is 0 Å². The molecule has 0 N–H and O–H groups in total. The summed E-state index contributed by atoms with van der Waals surface area (Å²) in [5, 5.41) is 0. The van der Waals surface area contributed by atoms with Gasteiger partial charge in [0.05, 0.1) is 13.5 Å². The third-order valence-electron chi connectivity index (χ3n) is 5.16. The van der Waals surface area contributed by atoms with E-state index in [1.807, 2.05) is 30.3 Å². The van der Waals surface area contributed by atoms with Crippen molar-refractivity contribution in [1.82, 2.24) is 0 Å². The molecule has 1 fully saturated rings. The van der Waals surface area contributed by atoms with Crippen LogP contribution in [0.1, 0.15) is 37.7 Å². The minimum atomic E-state index is -0.570. The molecule has 0 radical (unpaired) electrons. The lowest BCUT2D eigenvalue weighted by molar-refractivity contribution is -0.147. The Hall–Kier alpha value is -2.89. The third-order valence-corrected chi connectivity index (χ3v) is 5.16. The van der Waals surface area contributed by atoms with Gasteiger partial charge in [0.25, 0.3) is 5.91 Å². The lowest BCUT2D eigenvalue weighted by Crippen LogP contribution is -2.44. The number of rotatable bonds is 7. The van der Waals surface area contributed by atoms with Crippen molar-refractivity contribution in [2.75, 3.05) is 18.6 Å². The van der Waals surface area contributed by atoms with Crippen LogP contribution in [0.25, 0.3) is 0 Å². The Morgan fingerprint density at radius 3 is 2.45 bits per heavy atom. The predicted octanol–water partition coefficient (Wildman–Crippen LogP) is 4.29. The number of carbonyl (C=O) groups is 2. The number of hydrogen-bond acceptors (Lipinski definition) is 4. The number of amides is 1. The van der Waals surface area contributed by atoms with Gasteiger partial charge >= 0.3 is 5.97 Å². The highest BCUT2D eigenvalue weighted by Gasteiger charge is 2.27. The Kier molecular flexibility index (Phi) is 7.22.